The molecule has 0 spiro atoms. The Balaban J connectivity index is 2.10. The van der Waals surface area contributed by atoms with Crippen molar-refractivity contribution < 1.29 is 19.1 Å². The fraction of sp³-hybridized carbons (Fsp3) is 0.133. The monoisotopic (exact) mass is 267 g/mol. The van der Waals surface area contributed by atoms with Gasteiger partial charge in [0.2, 0.25) is 0 Å². The van der Waals surface area contributed by atoms with E-state index >= 15 is 0 Å². The number of ether oxygens (including phenoxy) is 2. The molecule has 20 heavy (non-hydrogen) atoms. The third-order valence-electron chi connectivity index (χ3n) is 3.50. The van der Waals surface area contributed by atoms with E-state index in [1.54, 1.807) is 0 Å². The molecule has 0 saturated heterocycles. The standard InChI is InChI=1S/C15H9NO4/c17-14-12-9(6-19-14)16-10-7-20-15(18)13(10)11(12)8-4-2-1-3-5-8/h1-5H,6-7H2. The molecule has 0 bridgehead atoms. The van der Waals surface area contributed by atoms with Gasteiger partial charge in [-0.15, -0.1) is 0 Å². The first-order valence-electron chi connectivity index (χ1n) is 6.21. The van der Waals surface area contributed by atoms with Crippen LogP contribution in [0.3, 0.4) is 0 Å². The number of hydrogen-bond donors (Lipinski definition) is 0. The Morgan fingerprint density at radius 1 is 0.800 bits per heavy atom. The molecule has 2 aliphatic heterocycles. The summed E-state index contributed by atoms with van der Waals surface area (Å²) >= 11 is 0. The highest BCUT2D eigenvalue weighted by molar-refractivity contribution is 6.08. The number of cyclic esters (lactones) is 2. The second-order valence-corrected chi connectivity index (χ2v) is 4.65. The first kappa shape index (κ1) is 11.2. The van der Waals surface area contributed by atoms with Crippen LogP contribution >= 0.6 is 0 Å². The number of hydrogen-bond acceptors (Lipinski definition) is 5. The predicted molar refractivity (Wildman–Crippen MR) is 67.9 cm³/mol. The van der Waals surface area contributed by atoms with E-state index in [9.17, 15) is 9.59 Å². The highest BCUT2D eigenvalue weighted by Gasteiger charge is 2.36. The molecule has 4 rings (SSSR count). The van der Waals surface area contributed by atoms with Crippen LogP contribution in [-0.4, -0.2) is 16.9 Å². The molecule has 0 saturated carbocycles. The number of aromatic nitrogens is 1. The molecule has 0 unspecified atom stereocenters. The maximum atomic E-state index is 12.0. The highest BCUT2D eigenvalue weighted by atomic mass is 16.5. The lowest BCUT2D eigenvalue weighted by Gasteiger charge is -2.09. The Hall–Kier alpha value is -2.69. The van der Waals surface area contributed by atoms with Crippen LogP contribution < -0.4 is 0 Å². The summed E-state index contributed by atoms with van der Waals surface area (Å²) in [6.45, 7) is 0.297. The van der Waals surface area contributed by atoms with Crippen molar-refractivity contribution in [3.8, 4) is 11.1 Å². The summed E-state index contributed by atoms with van der Waals surface area (Å²) in [6.07, 6.45) is 0. The summed E-state index contributed by atoms with van der Waals surface area (Å²) in [5.41, 5.74) is 3.29. The Morgan fingerprint density at radius 3 is 1.90 bits per heavy atom. The molecule has 0 amide bonds. The molecule has 0 aliphatic carbocycles. The SMILES string of the molecule is O=C1OCc2nc3c(c(-c4ccccc4)c21)C(=O)OC3. The van der Waals surface area contributed by atoms with Crippen LogP contribution in [0.15, 0.2) is 30.3 Å². The largest absolute Gasteiger partial charge is 0.455 e. The molecule has 0 N–H and O–H groups in total. The summed E-state index contributed by atoms with van der Waals surface area (Å²) in [6, 6.07) is 9.30. The van der Waals surface area contributed by atoms with Crippen LogP contribution in [0.5, 0.6) is 0 Å². The van der Waals surface area contributed by atoms with E-state index in [0.717, 1.165) is 5.56 Å². The Bertz CT molecular complexity index is 710. The van der Waals surface area contributed by atoms with Gasteiger partial charge in [0.1, 0.15) is 13.2 Å². The lowest BCUT2D eigenvalue weighted by Crippen LogP contribution is -2.07. The minimum Gasteiger partial charge on any atom is -0.455 e. The molecule has 2 aliphatic rings. The maximum Gasteiger partial charge on any atom is 0.341 e. The van der Waals surface area contributed by atoms with Crippen molar-refractivity contribution in [1.29, 1.82) is 0 Å². The van der Waals surface area contributed by atoms with Crippen molar-refractivity contribution in [1.82, 2.24) is 4.98 Å². The third-order valence-corrected chi connectivity index (χ3v) is 3.50. The summed E-state index contributed by atoms with van der Waals surface area (Å²) < 4.78 is 10.1. The van der Waals surface area contributed by atoms with Gasteiger partial charge >= 0.3 is 11.9 Å². The van der Waals surface area contributed by atoms with Crippen molar-refractivity contribution in [3.63, 3.8) is 0 Å². The Labute approximate surface area is 114 Å². The number of carbonyl (C=O) groups excluding carboxylic acids is 2. The molecule has 1 aromatic heterocycles. The van der Waals surface area contributed by atoms with E-state index in [4.69, 9.17) is 9.47 Å². The van der Waals surface area contributed by atoms with Gasteiger partial charge in [-0.2, -0.15) is 0 Å². The fourth-order valence-corrected chi connectivity index (χ4v) is 2.64. The van der Waals surface area contributed by atoms with Crippen LogP contribution in [0.1, 0.15) is 32.1 Å². The predicted octanol–water partition coefficient (Wildman–Crippen LogP) is 2.09. The van der Waals surface area contributed by atoms with Gasteiger partial charge in [-0.05, 0) is 5.56 Å². The number of pyridine rings is 1. The Kier molecular flexibility index (Phi) is 2.18. The van der Waals surface area contributed by atoms with Crippen molar-refractivity contribution in [3.05, 3.63) is 52.8 Å². The molecule has 0 radical (unpaired) electrons. The molecular weight excluding hydrogens is 258 g/mol. The van der Waals surface area contributed by atoms with Gasteiger partial charge in [0, 0.05) is 5.56 Å². The minimum absolute atomic E-state index is 0.148. The summed E-state index contributed by atoms with van der Waals surface area (Å²) in [7, 11) is 0. The Morgan fingerprint density at radius 2 is 1.35 bits per heavy atom. The zero-order valence-electron chi connectivity index (χ0n) is 10.4. The van der Waals surface area contributed by atoms with E-state index in [2.05, 4.69) is 4.98 Å². The fourth-order valence-electron chi connectivity index (χ4n) is 2.64. The lowest BCUT2D eigenvalue weighted by molar-refractivity contribution is 0.0532. The average Bonchev–Trinajstić information content (AvgIpc) is 3.03. The smallest absolute Gasteiger partial charge is 0.341 e. The first-order valence-corrected chi connectivity index (χ1v) is 6.21. The van der Waals surface area contributed by atoms with Gasteiger partial charge < -0.3 is 9.47 Å². The summed E-state index contributed by atoms with van der Waals surface area (Å²) in [5.74, 6) is -0.872. The van der Waals surface area contributed by atoms with E-state index in [1.165, 1.54) is 0 Å². The summed E-state index contributed by atoms with van der Waals surface area (Å²) in [4.78, 5) is 28.2. The van der Waals surface area contributed by atoms with Crippen LogP contribution in [0, 0.1) is 0 Å². The van der Waals surface area contributed by atoms with Crippen molar-refractivity contribution >= 4 is 11.9 Å². The minimum atomic E-state index is -0.436. The average molecular weight is 267 g/mol. The van der Waals surface area contributed by atoms with Crippen molar-refractivity contribution in [2.45, 2.75) is 13.2 Å². The number of fused-ring (bicyclic) bond motifs is 2. The molecule has 3 heterocycles. The second kappa shape index (κ2) is 3.90. The van der Waals surface area contributed by atoms with Gasteiger partial charge in [0.05, 0.1) is 22.5 Å². The van der Waals surface area contributed by atoms with Crippen molar-refractivity contribution in [2.75, 3.05) is 0 Å². The number of benzene rings is 1. The molecule has 98 valence electrons. The van der Waals surface area contributed by atoms with E-state index in [0.29, 0.717) is 28.1 Å². The van der Waals surface area contributed by atoms with Crippen LogP contribution in [0.4, 0.5) is 0 Å². The zero-order chi connectivity index (χ0) is 13.7. The lowest BCUT2D eigenvalue weighted by atomic mass is 9.93. The second-order valence-electron chi connectivity index (χ2n) is 4.65. The topological polar surface area (TPSA) is 65.5 Å². The highest BCUT2D eigenvalue weighted by Crippen LogP contribution is 2.37. The van der Waals surface area contributed by atoms with Crippen LogP contribution in [-0.2, 0) is 22.7 Å². The first-order chi connectivity index (χ1) is 9.75. The molecular formula is C15H9NO4. The zero-order valence-corrected chi connectivity index (χ0v) is 10.4. The van der Waals surface area contributed by atoms with Gasteiger partial charge in [-0.3, -0.25) is 0 Å². The molecule has 1 aromatic carbocycles. The van der Waals surface area contributed by atoms with Gasteiger partial charge in [0.15, 0.2) is 0 Å². The maximum absolute atomic E-state index is 12.0. The molecule has 5 nitrogen and oxygen atoms in total. The number of rotatable bonds is 1. The van der Waals surface area contributed by atoms with E-state index < -0.39 is 11.9 Å². The quantitative estimate of drug-likeness (QED) is 0.740. The number of nitrogens with zero attached hydrogens (tertiary/aromatic N) is 1. The van der Waals surface area contributed by atoms with E-state index in [-0.39, 0.29) is 13.2 Å². The number of esters is 2. The van der Waals surface area contributed by atoms with Crippen molar-refractivity contribution in [2.24, 2.45) is 0 Å². The molecule has 2 aromatic rings. The van der Waals surface area contributed by atoms with Gasteiger partial charge in [0.25, 0.3) is 0 Å². The van der Waals surface area contributed by atoms with Crippen LogP contribution in [0.25, 0.3) is 11.1 Å². The molecule has 0 fully saturated rings. The molecule has 0 atom stereocenters. The molecule has 5 heteroatoms. The van der Waals surface area contributed by atoms with E-state index in [1.807, 2.05) is 30.3 Å². The normalized spacial score (nSPS) is 15.6. The van der Waals surface area contributed by atoms with Crippen LogP contribution in [0.2, 0.25) is 0 Å². The summed E-state index contributed by atoms with van der Waals surface area (Å²) in [5, 5.41) is 0. The van der Waals surface area contributed by atoms with Gasteiger partial charge in [-0.1, -0.05) is 30.3 Å². The third kappa shape index (κ3) is 1.40. The number of carbonyl (C=O) groups is 2. The van der Waals surface area contributed by atoms with Gasteiger partial charge in [-0.25, -0.2) is 14.6 Å².